The third-order valence-electron chi connectivity index (χ3n) is 9.24. The third kappa shape index (κ3) is 4.00. The number of hydrogen-bond acceptors (Lipinski definition) is 0. The molecule has 0 saturated heterocycles. The van der Waals surface area contributed by atoms with E-state index in [1.54, 1.807) is 0 Å². The van der Waals surface area contributed by atoms with Gasteiger partial charge < -0.3 is 0 Å². The summed E-state index contributed by atoms with van der Waals surface area (Å²) in [6.45, 7) is 0. The zero-order chi connectivity index (χ0) is 29.0. The maximum Gasteiger partial charge on any atom is -0.00201 e. The van der Waals surface area contributed by atoms with Crippen LogP contribution in [0.15, 0.2) is 170 Å². The molecule has 1 aliphatic carbocycles. The Bertz CT molecular complexity index is 2310. The molecule has 0 spiro atoms. The average molecular weight is 557 g/mol. The molecule has 8 aromatic carbocycles. The maximum atomic E-state index is 2.30. The lowest BCUT2D eigenvalue weighted by atomic mass is 9.93. The molecule has 0 fully saturated rings. The van der Waals surface area contributed by atoms with E-state index in [2.05, 4.69) is 170 Å². The van der Waals surface area contributed by atoms with Gasteiger partial charge in [0.15, 0.2) is 0 Å². The van der Waals surface area contributed by atoms with E-state index in [-0.39, 0.29) is 0 Å². The number of hydrogen-bond donors (Lipinski definition) is 0. The first-order valence-electron chi connectivity index (χ1n) is 15.3. The van der Waals surface area contributed by atoms with E-state index in [1.165, 1.54) is 88.3 Å². The van der Waals surface area contributed by atoms with Crippen LogP contribution in [0.3, 0.4) is 0 Å². The summed E-state index contributed by atoms with van der Waals surface area (Å²) < 4.78 is 0. The second kappa shape index (κ2) is 9.93. The fourth-order valence-electron chi connectivity index (χ4n) is 6.99. The molecule has 204 valence electrons. The summed E-state index contributed by atoms with van der Waals surface area (Å²) in [7, 11) is 0. The van der Waals surface area contributed by atoms with Gasteiger partial charge in [0, 0.05) is 0 Å². The summed E-state index contributed by atoms with van der Waals surface area (Å²) in [5.41, 5.74) is 15.3. The Hall–Kier alpha value is -5.72. The first-order chi connectivity index (χ1) is 21.8. The molecular formula is C44H28. The summed E-state index contributed by atoms with van der Waals surface area (Å²) >= 11 is 0. The Balaban J connectivity index is 0.998. The van der Waals surface area contributed by atoms with Crippen LogP contribution in [-0.2, 0) is 0 Å². The van der Waals surface area contributed by atoms with Crippen molar-refractivity contribution >= 4 is 21.5 Å². The van der Waals surface area contributed by atoms with Gasteiger partial charge in [-0.05, 0) is 100 Å². The minimum Gasteiger partial charge on any atom is -0.0622 e. The lowest BCUT2D eigenvalue weighted by molar-refractivity contribution is 1.59. The molecule has 0 saturated carbocycles. The summed E-state index contributed by atoms with van der Waals surface area (Å²) in [6.07, 6.45) is 0. The van der Waals surface area contributed by atoms with Crippen molar-refractivity contribution in [2.24, 2.45) is 0 Å². The van der Waals surface area contributed by atoms with Crippen molar-refractivity contribution in [1.82, 2.24) is 0 Å². The first kappa shape index (κ1) is 24.8. The topological polar surface area (TPSA) is 0 Å². The van der Waals surface area contributed by atoms with Gasteiger partial charge in [-0.2, -0.15) is 0 Å². The predicted molar refractivity (Wildman–Crippen MR) is 188 cm³/mol. The van der Waals surface area contributed by atoms with Crippen LogP contribution in [0.25, 0.3) is 88.3 Å². The fraction of sp³-hybridized carbons (Fsp3) is 0. The highest BCUT2D eigenvalue weighted by Crippen LogP contribution is 2.49. The highest BCUT2D eigenvalue weighted by atomic mass is 14.2. The Labute approximate surface area is 257 Å². The highest BCUT2D eigenvalue weighted by molar-refractivity contribution is 6.18. The molecular weight excluding hydrogens is 528 g/mol. The van der Waals surface area contributed by atoms with Gasteiger partial charge in [0.05, 0.1) is 0 Å². The zero-order valence-electron chi connectivity index (χ0n) is 24.2. The van der Waals surface area contributed by atoms with Crippen molar-refractivity contribution in [3.05, 3.63) is 170 Å². The van der Waals surface area contributed by atoms with Crippen LogP contribution in [0, 0.1) is 0 Å². The van der Waals surface area contributed by atoms with Crippen LogP contribution >= 0.6 is 0 Å². The number of benzene rings is 8. The van der Waals surface area contributed by atoms with Gasteiger partial charge in [-0.25, -0.2) is 0 Å². The van der Waals surface area contributed by atoms with Crippen molar-refractivity contribution in [2.45, 2.75) is 0 Å². The number of rotatable bonds is 4. The van der Waals surface area contributed by atoms with Crippen LogP contribution in [0.2, 0.25) is 0 Å². The molecule has 0 nitrogen and oxygen atoms in total. The van der Waals surface area contributed by atoms with Gasteiger partial charge in [-0.3, -0.25) is 0 Å². The Morgan fingerprint density at radius 1 is 0.227 bits per heavy atom. The highest BCUT2D eigenvalue weighted by Gasteiger charge is 2.22. The molecule has 0 bridgehead atoms. The van der Waals surface area contributed by atoms with Crippen LogP contribution in [0.1, 0.15) is 0 Å². The maximum absolute atomic E-state index is 2.30. The van der Waals surface area contributed by atoms with E-state index in [9.17, 15) is 0 Å². The molecule has 0 N–H and O–H groups in total. The first-order valence-corrected chi connectivity index (χ1v) is 15.3. The van der Waals surface area contributed by atoms with Crippen LogP contribution in [-0.4, -0.2) is 0 Å². The summed E-state index contributed by atoms with van der Waals surface area (Å²) in [5, 5.41) is 5.21. The molecule has 0 atom stereocenters. The standard InChI is InChI=1S/C44H28/c1-2-7-29(8-3-1)34-21-23-37-28-35(22-24-36(37)27-34)32-15-13-30(14-16-32)31-17-19-33(20-18-31)38-25-26-43-40-10-5-4-9-39(40)42-12-6-11-41(38)44(42)43/h1-28H. The second-order valence-corrected chi connectivity index (χ2v) is 11.7. The average Bonchev–Trinajstić information content (AvgIpc) is 3.43. The Kier molecular flexibility index (Phi) is 5.61. The van der Waals surface area contributed by atoms with Gasteiger partial charge in [-0.15, -0.1) is 0 Å². The predicted octanol–water partition coefficient (Wildman–Crippen LogP) is 12.3. The Morgan fingerprint density at radius 2 is 0.659 bits per heavy atom. The quantitative estimate of drug-likeness (QED) is 0.202. The van der Waals surface area contributed by atoms with E-state index in [0.29, 0.717) is 0 Å². The molecule has 0 heterocycles. The van der Waals surface area contributed by atoms with Crippen molar-refractivity contribution < 1.29 is 0 Å². The lowest BCUT2D eigenvalue weighted by Gasteiger charge is -2.11. The van der Waals surface area contributed by atoms with Crippen molar-refractivity contribution in [3.8, 4) is 66.8 Å². The summed E-state index contributed by atoms with van der Waals surface area (Å²) in [4.78, 5) is 0. The van der Waals surface area contributed by atoms with Gasteiger partial charge in [-0.1, -0.05) is 158 Å². The molecule has 9 rings (SSSR count). The summed E-state index contributed by atoms with van der Waals surface area (Å²) in [5.74, 6) is 0. The molecule has 0 aromatic heterocycles. The minimum atomic E-state index is 1.23. The van der Waals surface area contributed by atoms with E-state index in [4.69, 9.17) is 0 Å². The number of fused-ring (bicyclic) bond motifs is 4. The summed E-state index contributed by atoms with van der Waals surface area (Å²) in [6, 6.07) is 62.1. The van der Waals surface area contributed by atoms with Gasteiger partial charge >= 0.3 is 0 Å². The molecule has 0 radical (unpaired) electrons. The monoisotopic (exact) mass is 556 g/mol. The van der Waals surface area contributed by atoms with Gasteiger partial charge in [0.1, 0.15) is 0 Å². The molecule has 8 aromatic rings. The SMILES string of the molecule is c1ccc(-c2ccc3cc(-c4ccc(-c5ccc(-c6ccc7c8c(cccc68)-c6ccccc6-7)cc5)cc4)ccc3c2)cc1. The van der Waals surface area contributed by atoms with Gasteiger partial charge in [0.25, 0.3) is 0 Å². The molecule has 0 amide bonds. The van der Waals surface area contributed by atoms with Crippen molar-refractivity contribution in [2.75, 3.05) is 0 Å². The minimum absolute atomic E-state index is 1.23. The van der Waals surface area contributed by atoms with E-state index in [0.717, 1.165) is 0 Å². The molecule has 0 heteroatoms. The van der Waals surface area contributed by atoms with Crippen molar-refractivity contribution in [1.29, 1.82) is 0 Å². The lowest BCUT2D eigenvalue weighted by Crippen LogP contribution is -1.85. The van der Waals surface area contributed by atoms with Crippen LogP contribution < -0.4 is 0 Å². The molecule has 0 unspecified atom stereocenters. The van der Waals surface area contributed by atoms with E-state index >= 15 is 0 Å². The molecule has 44 heavy (non-hydrogen) atoms. The smallest absolute Gasteiger partial charge is 0.00201 e. The molecule has 0 aliphatic heterocycles. The van der Waals surface area contributed by atoms with Crippen molar-refractivity contribution in [3.63, 3.8) is 0 Å². The van der Waals surface area contributed by atoms with E-state index in [1.807, 2.05) is 0 Å². The zero-order valence-corrected chi connectivity index (χ0v) is 24.2. The third-order valence-corrected chi connectivity index (χ3v) is 9.24. The molecule has 1 aliphatic rings. The van der Waals surface area contributed by atoms with E-state index < -0.39 is 0 Å². The Morgan fingerprint density at radius 3 is 1.27 bits per heavy atom. The second-order valence-electron chi connectivity index (χ2n) is 11.7. The fourth-order valence-corrected chi connectivity index (χ4v) is 6.99. The van der Waals surface area contributed by atoms with Crippen LogP contribution in [0.4, 0.5) is 0 Å². The van der Waals surface area contributed by atoms with Crippen LogP contribution in [0.5, 0.6) is 0 Å². The largest absolute Gasteiger partial charge is 0.0622 e. The normalized spacial score (nSPS) is 11.6. The van der Waals surface area contributed by atoms with Gasteiger partial charge in [0.2, 0.25) is 0 Å².